The van der Waals surface area contributed by atoms with Crippen LogP contribution in [0.5, 0.6) is 0 Å². The van der Waals surface area contributed by atoms with E-state index in [0.717, 1.165) is 23.2 Å². The summed E-state index contributed by atoms with van der Waals surface area (Å²) < 4.78 is 5.52. The number of aromatic nitrogens is 2. The highest BCUT2D eigenvalue weighted by Gasteiger charge is 2.14. The number of rotatable bonds is 7. The number of amides is 1. The minimum atomic E-state index is -0.177. The summed E-state index contributed by atoms with van der Waals surface area (Å²) in [6, 6.07) is 7.49. The van der Waals surface area contributed by atoms with Crippen LogP contribution >= 0.6 is 11.6 Å². The summed E-state index contributed by atoms with van der Waals surface area (Å²) in [6.45, 7) is 5.30. The Bertz CT molecular complexity index is 623. The Kier molecular flexibility index (Phi) is 5.98. The molecule has 22 heavy (non-hydrogen) atoms. The highest BCUT2D eigenvalue weighted by molar-refractivity contribution is 6.30. The van der Waals surface area contributed by atoms with Crippen LogP contribution in [-0.4, -0.2) is 29.3 Å². The Morgan fingerprint density at radius 2 is 2.09 bits per heavy atom. The van der Waals surface area contributed by atoms with Crippen molar-refractivity contribution in [2.45, 2.75) is 26.9 Å². The molecule has 0 atom stereocenters. The highest BCUT2D eigenvalue weighted by Crippen LogP contribution is 2.11. The number of ether oxygens (including phenoxy) is 1. The van der Waals surface area contributed by atoms with Gasteiger partial charge in [-0.15, -0.1) is 0 Å². The van der Waals surface area contributed by atoms with Crippen LogP contribution in [0.2, 0.25) is 5.02 Å². The molecule has 0 spiro atoms. The number of hydrogen-bond acceptors (Lipinski definition) is 3. The molecule has 0 aliphatic rings. The maximum Gasteiger partial charge on any atom is 0.272 e. The second kappa shape index (κ2) is 7.96. The molecule has 0 bridgehead atoms. The monoisotopic (exact) mass is 321 g/mol. The van der Waals surface area contributed by atoms with E-state index >= 15 is 0 Å². The van der Waals surface area contributed by atoms with Crippen LogP contribution in [0.25, 0.3) is 0 Å². The first kappa shape index (κ1) is 16.5. The zero-order chi connectivity index (χ0) is 15.9. The van der Waals surface area contributed by atoms with E-state index < -0.39 is 0 Å². The molecule has 1 heterocycles. The number of carbonyl (C=O) groups excluding carboxylic acids is 1. The van der Waals surface area contributed by atoms with Gasteiger partial charge in [-0.1, -0.05) is 30.7 Å². The zero-order valence-corrected chi connectivity index (χ0v) is 13.5. The van der Waals surface area contributed by atoms with Crippen LogP contribution in [0.4, 0.5) is 0 Å². The van der Waals surface area contributed by atoms with Gasteiger partial charge in [-0.05, 0) is 31.0 Å². The van der Waals surface area contributed by atoms with E-state index in [4.69, 9.17) is 16.3 Å². The van der Waals surface area contributed by atoms with Crippen LogP contribution in [0, 0.1) is 6.92 Å². The smallest absolute Gasteiger partial charge is 0.272 e. The number of H-pyrrole nitrogens is 1. The third kappa shape index (κ3) is 4.32. The Morgan fingerprint density at radius 1 is 1.36 bits per heavy atom. The number of halogens is 1. The topological polar surface area (TPSA) is 67.0 Å². The molecule has 2 N–H and O–H groups in total. The van der Waals surface area contributed by atoms with Gasteiger partial charge in [-0.25, -0.2) is 0 Å². The predicted octanol–water partition coefficient (Wildman–Crippen LogP) is 2.88. The minimum absolute atomic E-state index is 0.177. The van der Waals surface area contributed by atoms with Crippen molar-refractivity contribution >= 4 is 17.5 Å². The molecule has 0 radical (unpaired) electrons. The summed E-state index contributed by atoms with van der Waals surface area (Å²) in [6.07, 6.45) is 0.830. The minimum Gasteiger partial charge on any atom is -0.375 e. The summed E-state index contributed by atoms with van der Waals surface area (Å²) in [5.41, 5.74) is 3.40. The molecule has 2 aromatic rings. The van der Waals surface area contributed by atoms with Crippen molar-refractivity contribution in [3.8, 4) is 0 Å². The summed E-state index contributed by atoms with van der Waals surface area (Å²) in [4.78, 5) is 12.0. The van der Waals surface area contributed by atoms with Crippen molar-refractivity contribution in [1.82, 2.24) is 15.5 Å². The quantitative estimate of drug-likeness (QED) is 0.771. The SMILES string of the molecule is CCc1[nH]nc(C(=O)NCCOCc2ccc(Cl)cc2)c1C. The maximum atomic E-state index is 12.0. The molecule has 0 aliphatic heterocycles. The zero-order valence-electron chi connectivity index (χ0n) is 12.8. The number of hydrogen-bond donors (Lipinski definition) is 2. The van der Waals surface area contributed by atoms with Gasteiger partial charge in [0.15, 0.2) is 5.69 Å². The van der Waals surface area contributed by atoms with Crippen molar-refractivity contribution in [1.29, 1.82) is 0 Å². The van der Waals surface area contributed by atoms with Crippen LogP contribution in [0.15, 0.2) is 24.3 Å². The Labute approximate surface area is 135 Å². The Morgan fingerprint density at radius 3 is 2.73 bits per heavy atom. The summed E-state index contributed by atoms with van der Waals surface area (Å²) in [5.74, 6) is -0.177. The molecule has 5 nitrogen and oxygen atoms in total. The molecule has 118 valence electrons. The predicted molar refractivity (Wildman–Crippen MR) is 86.1 cm³/mol. The second-order valence-electron chi connectivity index (χ2n) is 4.96. The van der Waals surface area contributed by atoms with Gasteiger partial charge >= 0.3 is 0 Å². The van der Waals surface area contributed by atoms with E-state index in [2.05, 4.69) is 15.5 Å². The molecule has 0 saturated heterocycles. The molecular weight excluding hydrogens is 302 g/mol. The van der Waals surface area contributed by atoms with Crippen molar-refractivity contribution < 1.29 is 9.53 Å². The first-order valence-corrected chi connectivity index (χ1v) is 7.63. The van der Waals surface area contributed by atoms with Crippen molar-refractivity contribution in [3.63, 3.8) is 0 Å². The first-order valence-electron chi connectivity index (χ1n) is 7.26. The van der Waals surface area contributed by atoms with E-state index in [9.17, 15) is 4.79 Å². The number of aryl methyl sites for hydroxylation is 1. The van der Waals surface area contributed by atoms with Gasteiger partial charge in [0, 0.05) is 22.8 Å². The highest BCUT2D eigenvalue weighted by atomic mass is 35.5. The fourth-order valence-corrected chi connectivity index (χ4v) is 2.22. The average molecular weight is 322 g/mol. The van der Waals surface area contributed by atoms with E-state index in [1.54, 1.807) is 0 Å². The van der Waals surface area contributed by atoms with Gasteiger partial charge in [-0.3, -0.25) is 9.89 Å². The largest absolute Gasteiger partial charge is 0.375 e. The molecular formula is C16H20ClN3O2. The maximum absolute atomic E-state index is 12.0. The molecule has 0 saturated carbocycles. The number of nitrogens with one attached hydrogen (secondary N) is 2. The fourth-order valence-electron chi connectivity index (χ4n) is 2.09. The van der Waals surface area contributed by atoms with Crippen LogP contribution in [0.1, 0.15) is 34.2 Å². The number of benzene rings is 1. The van der Waals surface area contributed by atoms with Crippen molar-refractivity contribution in [2.75, 3.05) is 13.2 Å². The van der Waals surface area contributed by atoms with Gasteiger partial charge < -0.3 is 10.1 Å². The molecule has 2 rings (SSSR count). The van der Waals surface area contributed by atoms with E-state index in [1.807, 2.05) is 38.1 Å². The van der Waals surface area contributed by atoms with Gasteiger partial charge in [0.05, 0.1) is 13.2 Å². The van der Waals surface area contributed by atoms with Crippen LogP contribution < -0.4 is 5.32 Å². The van der Waals surface area contributed by atoms with E-state index in [-0.39, 0.29) is 5.91 Å². The number of carbonyl (C=O) groups is 1. The Balaban J connectivity index is 1.71. The summed E-state index contributed by atoms with van der Waals surface area (Å²) >= 11 is 5.82. The third-order valence-corrected chi connectivity index (χ3v) is 3.65. The van der Waals surface area contributed by atoms with Crippen LogP contribution in [0.3, 0.4) is 0 Å². The summed E-state index contributed by atoms with van der Waals surface area (Å²) in [5, 5.41) is 10.4. The average Bonchev–Trinajstić information content (AvgIpc) is 2.89. The number of nitrogens with zero attached hydrogens (tertiary/aromatic N) is 1. The molecule has 1 aromatic heterocycles. The van der Waals surface area contributed by atoms with E-state index in [1.165, 1.54) is 0 Å². The lowest BCUT2D eigenvalue weighted by atomic mass is 10.1. The first-order chi connectivity index (χ1) is 10.6. The number of aromatic amines is 1. The van der Waals surface area contributed by atoms with Crippen molar-refractivity contribution in [2.24, 2.45) is 0 Å². The van der Waals surface area contributed by atoms with E-state index in [0.29, 0.717) is 30.5 Å². The molecule has 6 heteroatoms. The molecule has 0 unspecified atom stereocenters. The molecule has 1 amide bonds. The molecule has 0 aliphatic carbocycles. The lowest BCUT2D eigenvalue weighted by molar-refractivity contribution is 0.0895. The van der Waals surface area contributed by atoms with Gasteiger partial charge in [0.25, 0.3) is 5.91 Å². The lowest BCUT2D eigenvalue weighted by Gasteiger charge is -2.06. The van der Waals surface area contributed by atoms with Gasteiger partial charge in [0.1, 0.15) is 0 Å². The van der Waals surface area contributed by atoms with Gasteiger partial charge in [0.2, 0.25) is 0 Å². The van der Waals surface area contributed by atoms with Gasteiger partial charge in [-0.2, -0.15) is 5.10 Å². The Hall–Kier alpha value is -1.85. The standard InChI is InChI=1S/C16H20ClN3O2/c1-3-14-11(2)15(20-19-14)16(21)18-8-9-22-10-12-4-6-13(17)7-5-12/h4-7H,3,8-10H2,1-2H3,(H,18,21)(H,19,20). The van der Waals surface area contributed by atoms with Crippen molar-refractivity contribution in [3.05, 3.63) is 51.8 Å². The second-order valence-corrected chi connectivity index (χ2v) is 5.40. The fraction of sp³-hybridized carbons (Fsp3) is 0.375. The lowest BCUT2D eigenvalue weighted by Crippen LogP contribution is -2.28. The third-order valence-electron chi connectivity index (χ3n) is 3.39. The molecule has 0 fully saturated rings. The normalized spacial score (nSPS) is 10.7. The van der Waals surface area contributed by atoms with Crippen LogP contribution in [-0.2, 0) is 17.8 Å². The summed E-state index contributed by atoms with van der Waals surface area (Å²) in [7, 11) is 0. The molecule has 1 aromatic carbocycles.